The van der Waals surface area contributed by atoms with Gasteiger partial charge in [-0.25, -0.2) is 4.98 Å². The van der Waals surface area contributed by atoms with Crippen LogP contribution in [-0.4, -0.2) is 39.5 Å². The summed E-state index contributed by atoms with van der Waals surface area (Å²) in [5, 5.41) is 0.597. The van der Waals surface area contributed by atoms with Crippen molar-refractivity contribution in [2.75, 3.05) is 13.1 Å². The van der Waals surface area contributed by atoms with Gasteiger partial charge in [-0.1, -0.05) is 13.3 Å². The van der Waals surface area contributed by atoms with E-state index in [-0.39, 0.29) is 29.9 Å². The lowest BCUT2D eigenvalue weighted by Gasteiger charge is -2.38. The Labute approximate surface area is 171 Å². The number of carbonyl (C=O) groups is 1. The summed E-state index contributed by atoms with van der Waals surface area (Å²) in [5.41, 5.74) is 7.17. The van der Waals surface area contributed by atoms with Crippen LogP contribution in [0.2, 0.25) is 0 Å². The molecule has 2 aliphatic rings. The highest BCUT2D eigenvalue weighted by Gasteiger charge is 2.29. The molecule has 4 rings (SSSR count). The summed E-state index contributed by atoms with van der Waals surface area (Å²) in [7, 11) is 0. The zero-order valence-corrected chi connectivity index (χ0v) is 17.2. The number of hydrogen-bond donors (Lipinski definition) is 1. The van der Waals surface area contributed by atoms with Gasteiger partial charge in [-0.3, -0.25) is 14.2 Å². The Morgan fingerprint density at radius 3 is 2.86 bits per heavy atom. The number of aromatic nitrogens is 2. The second-order valence-corrected chi connectivity index (χ2v) is 8.05. The first kappa shape index (κ1) is 20.8. The summed E-state index contributed by atoms with van der Waals surface area (Å²) < 4.78 is 1.81. The van der Waals surface area contributed by atoms with E-state index < -0.39 is 0 Å². The first-order chi connectivity index (χ1) is 13.1. The molecule has 1 aromatic carbocycles. The van der Waals surface area contributed by atoms with Crippen LogP contribution < -0.4 is 11.3 Å². The summed E-state index contributed by atoms with van der Waals surface area (Å²) in [6.07, 6.45) is 5.97. The van der Waals surface area contributed by atoms with Crippen LogP contribution in [0.3, 0.4) is 0 Å². The van der Waals surface area contributed by atoms with Crippen molar-refractivity contribution in [3.05, 3.63) is 39.9 Å². The molecule has 0 spiro atoms. The van der Waals surface area contributed by atoms with E-state index in [1.165, 1.54) is 0 Å². The predicted molar refractivity (Wildman–Crippen MR) is 113 cm³/mol. The second kappa shape index (κ2) is 8.62. The van der Waals surface area contributed by atoms with E-state index in [1.807, 2.05) is 9.47 Å². The van der Waals surface area contributed by atoms with Gasteiger partial charge in [0.2, 0.25) is 0 Å². The van der Waals surface area contributed by atoms with Gasteiger partial charge in [-0.05, 0) is 49.8 Å². The number of amides is 1. The maximum atomic E-state index is 13.1. The Kier molecular flexibility index (Phi) is 6.40. The maximum absolute atomic E-state index is 13.1. The van der Waals surface area contributed by atoms with E-state index in [2.05, 4.69) is 6.92 Å². The number of likely N-dealkylation sites (tertiary alicyclic amines) is 1. The lowest BCUT2D eigenvalue weighted by atomic mass is 9.92. The zero-order valence-electron chi connectivity index (χ0n) is 16.4. The molecule has 0 radical (unpaired) electrons. The summed E-state index contributed by atoms with van der Waals surface area (Å²) >= 11 is 0. The summed E-state index contributed by atoms with van der Waals surface area (Å²) in [5.74, 6) is 1.44. The van der Waals surface area contributed by atoms with Gasteiger partial charge in [-0.15, -0.1) is 12.4 Å². The van der Waals surface area contributed by atoms with E-state index in [1.54, 1.807) is 18.2 Å². The third-order valence-electron chi connectivity index (χ3n) is 6.07. The number of benzene rings is 1. The van der Waals surface area contributed by atoms with Gasteiger partial charge in [0.25, 0.3) is 11.5 Å². The molecule has 0 bridgehead atoms. The molecule has 1 saturated heterocycles. The average Bonchev–Trinajstić information content (AvgIpc) is 2.92. The number of hydrogen-bond acceptors (Lipinski definition) is 4. The predicted octanol–water partition coefficient (Wildman–Crippen LogP) is 2.74. The van der Waals surface area contributed by atoms with Crippen LogP contribution in [-0.2, 0) is 13.0 Å². The Morgan fingerprint density at radius 2 is 2.07 bits per heavy atom. The van der Waals surface area contributed by atoms with Crippen molar-refractivity contribution in [2.24, 2.45) is 11.7 Å². The molecule has 2 aromatic rings. The number of rotatable bonds is 2. The average molecular weight is 405 g/mol. The lowest BCUT2D eigenvalue weighted by molar-refractivity contribution is 0.0574. The number of fused-ring (bicyclic) bond motifs is 2. The van der Waals surface area contributed by atoms with Crippen molar-refractivity contribution in [3.8, 4) is 0 Å². The van der Waals surface area contributed by atoms with Gasteiger partial charge in [-0.2, -0.15) is 0 Å². The number of carbonyl (C=O) groups excluding carboxylic acids is 1. The van der Waals surface area contributed by atoms with E-state index in [4.69, 9.17) is 10.7 Å². The van der Waals surface area contributed by atoms with Crippen molar-refractivity contribution in [1.82, 2.24) is 14.5 Å². The molecular formula is C21H29ClN4O2. The highest BCUT2D eigenvalue weighted by atomic mass is 35.5. The monoisotopic (exact) mass is 404 g/mol. The Bertz CT molecular complexity index is 926. The van der Waals surface area contributed by atoms with Crippen LogP contribution in [0.25, 0.3) is 10.9 Å². The van der Waals surface area contributed by atoms with Crippen LogP contribution in [0, 0.1) is 5.92 Å². The number of nitrogens with two attached hydrogens (primary N) is 1. The first-order valence-corrected chi connectivity index (χ1v) is 10.1. The first-order valence-electron chi connectivity index (χ1n) is 10.1. The standard InChI is InChI=1S/C21H28N4O2.ClH/c1-14-8-10-24(16(11-14)13-22)20(26)15-6-7-17-18(12-15)23-19-5-3-2-4-9-25(19)21(17)27;/h6-7,12,14,16H,2-5,8-11,13,22H2,1H3;1H. The van der Waals surface area contributed by atoms with Crippen LogP contribution in [0.15, 0.2) is 23.0 Å². The van der Waals surface area contributed by atoms with Gasteiger partial charge in [0, 0.05) is 37.7 Å². The largest absolute Gasteiger partial charge is 0.334 e. The van der Waals surface area contributed by atoms with E-state index >= 15 is 0 Å². The molecule has 152 valence electrons. The van der Waals surface area contributed by atoms with Crippen molar-refractivity contribution in [2.45, 2.75) is 58.0 Å². The minimum absolute atomic E-state index is 0. The molecular weight excluding hydrogens is 376 g/mol. The Hall–Kier alpha value is -1.92. The van der Waals surface area contributed by atoms with Gasteiger partial charge in [0.15, 0.2) is 0 Å². The Morgan fingerprint density at radius 1 is 1.25 bits per heavy atom. The molecule has 0 saturated carbocycles. The molecule has 3 heterocycles. The topological polar surface area (TPSA) is 81.2 Å². The highest BCUT2D eigenvalue weighted by molar-refractivity contribution is 5.98. The SMILES string of the molecule is CC1CCN(C(=O)c2ccc3c(=O)n4c(nc3c2)CCCCC4)C(CN)C1.Cl. The third kappa shape index (κ3) is 3.80. The molecule has 1 fully saturated rings. The van der Waals surface area contributed by atoms with Crippen molar-refractivity contribution in [3.63, 3.8) is 0 Å². The zero-order chi connectivity index (χ0) is 19.0. The van der Waals surface area contributed by atoms with Gasteiger partial charge in [0.05, 0.1) is 10.9 Å². The summed E-state index contributed by atoms with van der Waals surface area (Å²) in [4.78, 5) is 32.6. The minimum atomic E-state index is -0.00362. The number of aryl methyl sites for hydroxylation is 1. The molecule has 6 nitrogen and oxygen atoms in total. The van der Waals surface area contributed by atoms with Gasteiger partial charge < -0.3 is 10.6 Å². The molecule has 2 unspecified atom stereocenters. The second-order valence-electron chi connectivity index (χ2n) is 8.05. The highest BCUT2D eigenvalue weighted by Crippen LogP contribution is 2.24. The van der Waals surface area contributed by atoms with Crippen LogP contribution in [0.5, 0.6) is 0 Å². The fourth-order valence-electron chi connectivity index (χ4n) is 4.46. The van der Waals surface area contributed by atoms with Gasteiger partial charge >= 0.3 is 0 Å². The minimum Gasteiger partial charge on any atom is -0.334 e. The van der Waals surface area contributed by atoms with Crippen molar-refractivity contribution < 1.29 is 4.79 Å². The molecule has 2 atom stereocenters. The molecule has 1 aromatic heterocycles. The molecule has 2 aliphatic heterocycles. The molecule has 1 amide bonds. The molecule has 7 heteroatoms. The number of nitrogens with zero attached hydrogens (tertiary/aromatic N) is 3. The van der Waals surface area contributed by atoms with Crippen molar-refractivity contribution >= 4 is 29.2 Å². The van der Waals surface area contributed by atoms with Crippen LogP contribution in [0.4, 0.5) is 0 Å². The quantitative estimate of drug-likeness (QED) is 0.834. The van der Waals surface area contributed by atoms with Crippen LogP contribution >= 0.6 is 12.4 Å². The number of piperidine rings is 1. The Balaban J connectivity index is 0.00000225. The molecule has 0 aliphatic carbocycles. The fraction of sp³-hybridized carbons (Fsp3) is 0.571. The molecule has 28 heavy (non-hydrogen) atoms. The van der Waals surface area contributed by atoms with E-state index in [0.717, 1.165) is 57.4 Å². The van der Waals surface area contributed by atoms with Crippen molar-refractivity contribution in [1.29, 1.82) is 0 Å². The normalized spacial score (nSPS) is 22.3. The maximum Gasteiger partial charge on any atom is 0.261 e. The molecule has 2 N–H and O–H groups in total. The van der Waals surface area contributed by atoms with E-state index in [9.17, 15) is 9.59 Å². The van der Waals surface area contributed by atoms with Gasteiger partial charge in [0.1, 0.15) is 5.82 Å². The third-order valence-corrected chi connectivity index (χ3v) is 6.07. The summed E-state index contributed by atoms with van der Waals surface area (Å²) in [6, 6.07) is 5.40. The summed E-state index contributed by atoms with van der Waals surface area (Å²) in [6.45, 7) is 4.17. The number of halogens is 1. The lowest BCUT2D eigenvalue weighted by Crippen LogP contribution is -2.49. The van der Waals surface area contributed by atoms with Crippen LogP contribution in [0.1, 0.15) is 55.2 Å². The smallest absolute Gasteiger partial charge is 0.261 e. The van der Waals surface area contributed by atoms with E-state index in [0.29, 0.717) is 28.9 Å². The fourth-order valence-corrected chi connectivity index (χ4v) is 4.46.